The molecular weight excluding hydrogens is 927 g/mol. The summed E-state index contributed by atoms with van der Waals surface area (Å²) >= 11 is 0. The number of hydrogen-bond acceptors (Lipinski definition) is 9. The van der Waals surface area contributed by atoms with Crippen molar-refractivity contribution in [3.8, 4) is 0 Å². The zero-order valence-electron chi connectivity index (χ0n) is 48.5. The first-order valence-corrected chi connectivity index (χ1v) is 32.1. The number of unbranched alkanes of at least 4 members (excludes halogenated alkanes) is 41. The molecule has 0 saturated carbocycles. The highest BCUT2D eigenvalue weighted by Gasteiger charge is 2.44. The average molecular weight is 1050 g/mol. The molecule has 7 N–H and O–H groups in total. The van der Waals surface area contributed by atoms with Gasteiger partial charge in [-0.05, 0) is 44.9 Å². The molecule has 0 aromatic carbocycles. The zero-order chi connectivity index (χ0) is 53.8. The van der Waals surface area contributed by atoms with E-state index < -0.39 is 61.5 Å². The van der Waals surface area contributed by atoms with Gasteiger partial charge in [-0.3, -0.25) is 4.79 Å². The molecule has 1 saturated heterocycles. The topological polar surface area (TPSA) is 169 Å². The molecule has 0 spiro atoms. The monoisotopic (exact) mass is 1050 g/mol. The normalized spacial score (nSPS) is 19.5. The molecule has 438 valence electrons. The lowest BCUT2D eigenvalue weighted by atomic mass is 9.99. The van der Waals surface area contributed by atoms with Gasteiger partial charge in [0.25, 0.3) is 0 Å². The van der Waals surface area contributed by atoms with E-state index in [2.05, 4.69) is 43.5 Å². The molecule has 0 aromatic rings. The van der Waals surface area contributed by atoms with E-state index >= 15 is 0 Å². The van der Waals surface area contributed by atoms with Crippen molar-refractivity contribution in [1.82, 2.24) is 5.32 Å². The lowest BCUT2D eigenvalue weighted by Crippen LogP contribution is -2.60. The summed E-state index contributed by atoms with van der Waals surface area (Å²) in [5.41, 5.74) is 0. The Balaban J connectivity index is 2.05. The van der Waals surface area contributed by atoms with E-state index in [0.717, 1.165) is 57.8 Å². The minimum Gasteiger partial charge on any atom is -0.394 e. The number of hydrogen-bond donors (Lipinski definition) is 7. The lowest BCUT2D eigenvalue weighted by molar-refractivity contribution is -0.302. The van der Waals surface area contributed by atoms with Crippen LogP contribution in [0.3, 0.4) is 0 Å². The molecule has 10 nitrogen and oxygen atoms in total. The Kier molecular flexibility index (Phi) is 51.2. The van der Waals surface area contributed by atoms with Gasteiger partial charge in [0.2, 0.25) is 5.91 Å². The largest absolute Gasteiger partial charge is 0.394 e. The molecule has 1 amide bonds. The lowest BCUT2D eigenvalue weighted by Gasteiger charge is -2.40. The van der Waals surface area contributed by atoms with Gasteiger partial charge in [-0.15, -0.1) is 0 Å². The van der Waals surface area contributed by atoms with E-state index in [9.17, 15) is 35.4 Å². The molecule has 0 aliphatic carbocycles. The fraction of sp³-hybridized carbons (Fsp3) is 0.922. The molecule has 0 radical (unpaired) electrons. The number of aliphatic hydroxyl groups is 6. The number of carbonyl (C=O) groups excluding carboxylic acids is 1. The first-order chi connectivity index (χ1) is 36.3. The Labute approximate surface area is 456 Å². The van der Waals surface area contributed by atoms with Gasteiger partial charge in [-0.2, -0.15) is 0 Å². The fourth-order valence-corrected chi connectivity index (χ4v) is 10.5. The van der Waals surface area contributed by atoms with Gasteiger partial charge in [0.05, 0.1) is 25.4 Å². The van der Waals surface area contributed by atoms with Crippen molar-refractivity contribution < 1.29 is 44.9 Å². The quantitative estimate of drug-likeness (QED) is 0.0232. The van der Waals surface area contributed by atoms with Crippen molar-refractivity contribution >= 4 is 5.91 Å². The number of aliphatic hydroxyl groups excluding tert-OH is 6. The van der Waals surface area contributed by atoms with E-state index in [0.29, 0.717) is 12.8 Å². The molecule has 1 rings (SSSR count). The van der Waals surface area contributed by atoms with Crippen LogP contribution in [0.1, 0.15) is 316 Å². The number of ether oxygens (including phenoxy) is 2. The first kappa shape index (κ1) is 70.6. The number of allylic oxidation sites excluding steroid dienone is 4. The maximum atomic E-state index is 13.1. The molecule has 8 atom stereocenters. The summed E-state index contributed by atoms with van der Waals surface area (Å²) in [6, 6.07) is -0.892. The van der Waals surface area contributed by atoms with Crippen LogP contribution in [0.4, 0.5) is 0 Å². The second kappa shape index (κ2) is 53.6. The molecule has 1 aliphatic heterocycles. The zero-order valence-corrected chi connectivity index (χ0v) is 48.5. The average Bonchev–Trinajstić information content (AvgIpc) is 3.40. The Bertz CT molecular complexity index is 1230. The van der Waals surface area contributed by atoms with Crippen LogP contribution in [-0.2, 0) is 14.3 Å². The van der Waals surface area contributed by atoms with Crippen LogP contribution in [0.15, 0.2) is 24.3 Å². The van der Waals surface area contributed by atoms with Crippen LogP contribution < -0.4 is 5.32 Å². The molecular formula is C64H123NO9. The molecule has 0 aromatic heterocycles. The summed E-state index contributed by atoms with van der Waals surface area (Å²) in [7, 11) is 0. The minimum atomic E-state index is -1.60. The number of rotatable bonds is 56. The summed E-state index contributed by atoms with van der Waals surface area (Å²) < 4.78 is 11.2. The Morgan fingerprint density at radius 2 is 0.797 bits per heavy atom. The van der Waals surface area contributed by atoms with Crippen LogP contribution >= 0.6 is 0 Å². The van der Waals surface area contributed by atoms with E-state index in [1.807, 2.05) is 0 Å². The van der Waals surface area contributed by atoms with E-state index in [-0.39, 0.29) is 6.61 Å². The molecule has 10 heteroatoms. The van der Waals surface area contributed by atoms with Gasteiger partial charge in [0, 0.05) is 0 Å². The fourth-order valence-electron chi connectivity index (χ4n) is 10.5. The third kappa shape index (κ3) is 41.7. The summed E-state index contributed by atoms with van der Waals surface area (Å²) in [5, 5.41) is 65.1. The Hall–Kier alpha value is -1.37. The third-order valence-electron chi connectivity index (χ3n) is 15.7. The summed E-state index contributed by atoms with van der Waals surface area (Å²) in [5.74, 6) is -0.581. The third-order valence-corrected chi connectivity index (χ3v) is 15.7. The van der Waals surface area contributed by atoms with Gasteiger partial charge in [-0.1, -0.05) is 295 Å². The van der Waals surface area contributed by atoms with Crippen LogP contribution in [0.25, 0.3) is 0 Å². The molecule has 1 fully saturated rings. The predicted octanol–water partition coefficient (Wildman–Crippen LogP) is 15.5. The Morgan fingerprint density at radius 3 is 1.16 bits per heavy atom. The molecule has 8 unspecified atom stereocenters. The number of amides is 1. The molecule has 74 heavy (non-hydrogen) atoms. The Morgan fingerprint density at radius 1 is 0.459 bits per heavy atom. The highest BCUT2D eigenvalue weighted by atomic mass is 16.7. The van der Waals surface area contributed by atoms with Gasteiger partial charge >= 0.3 is 0 Å². The highest BCUT2D eigenvalue weighted by Crippen LogP contribution is 2.24. The van der Waals surface area contributed by atoms with Gasteiger partial charge in [-0.25, -0.2) is 0 Å². The number of carbonyl (C=O) groups is 1. The maximum absolute atomic E-state index is 13.1. The van der Waals surface area contributed by atoms with E-state index in [1.165, 1.54) is 231 Å². The first-order valence-electron chi connectivity index (χ1n) is 32.1. The second-order valence-electron chi connectivity index (χ2n) is 22.7. The van der Waals surface area contributed by atoms with Crippen molar-refractivity contribution in [1.29, 1.82) is 0 Å². The number of nitrogens with one attached hydrogen (secondary N) is 1. The molecule has 1 heterocycles. The maximum Gasteiger partial charge on any atom is 0.249 e. The molecule has 1 aliphatic rings. The smallest absolute Gasteiger partial charge is 0.249 e. The predicted molar refractivity (Wildman–Crippen MR) is 310 cm³/mol. The van der Waals surface area contributed by atoms with Crippen molar-refractivity contribution in [3.63, 3.8) is 0 Å². The SMILES string of the molecule is CCCCCCCCCCCCCCCCC/C=C\C/C=C\CCCCCCCCCCCCCCCCCCC(O)C(=O)NC(COC1OC(CO)C(O)C(O)C1O)C(O)CCCCCCCCCCCCC. The van der Waals surface area contributed by atoms with Crippen molar-refractivity contribution in [2.45, 2.75) is 365 Å². The van der Waals surface area contributed by atoms with Crippen LogP contribution in [0.2, 0.25) is 0 Å². The van der Waals surface area contributed by atoms with Crippen LogP contribution in [0, 0.1) is 0 Å². The molecule has 0 bridgehead atoms. The van der Waals surface area contributed by atoms with Crippen molar-refractivity contribution in [3.05, 3.63) is 24.3 Å². The van der Waals surface area contributed by atoms with Crippen molar-refractivity contribution in [2.24, 2.45) is 0 Å². The second-order valence-corrected chi connectivity index (χ2v) is 22.7. The van der Waals surface area contributed by atoms with Crippen LogP contribution in [0.5, 0.6) is 0 Å². The van der Waals surface area contributed by atoms with Gasteiger partial charge in [0.15, 0.2) is 6.29 Å². The summed E-state index contributed by atoms with van der Waals surface area (Å²) in [6.07, 6.45) is 58.7. The van der Waals surface area contributed by atoms with E-state index in [1.54, 1.807) is 0 Å². The van der Waals surface area contributed by atoms with Gasteiger partial charge in [0.1, 0.15) is 30.5 Å². The standard InChI is InChI=1S/C64H123NO9/c1-3-5-7-9-11-13-15-16-17-18-19-20-21-22-23-24-25-26-27-28-29-30-31-32-33-34-35-36-37-38-39-40-41-43-45-47-49-51-53-58(68)63(72)65-56(55-73-64-62(71)61(70)60(69)59(54-66)74-64)57(67)52-50-48-46-44-42-14-12-10-8-6-4-2/h25-26,28-29,56-62,64,66-71H,3-24,27,30-55H2,1-2H3,(H,65,72)/b26-25-,29-28-. The van der Waals surface area contributed by atoms with E-state index in [4.69, 9.17) is 9.47 Å². The summed E-state index contributed by atoms with van der Waals surface area (Å²) in [4.78, 5) is 13.1. The van der Waals surface area contributed by atoms with Gasteiger partial charge < -0.3 is 45.4 Å². The van der Waals surface area contributed by atoms with Crippen molar-refractivity contribution in [2.75, 3.05) is 13.2 Å². The minimum absolute atomic E-state index is 0.253. The highest BCUT2D eigenvalue weighted by molar-refractivity contribution is 5.80. The summed E-state index contributed by atoms with van der Waals surface area (Å²) in [6.45, 7) is 3.69. The van der Waals surface area contributed by atoms with Crippen LogP contribution in [-0.4, -0.2) is 98.7 Å².